The second kappa shape index (κ2) is 6.02. The number of benzene rings is 2. The highest BCUT2D eigenvalue weighted by atomic mass is 79.9. The SMILES string of the molecule is Cc1cc(Oc2ccc([N+](=O)[O-])cc2CO)ccc1Br. The molecule has 0 fully saturated rings. The Bertz CT molecular complexity index is 658. The van der Waals surface area contributed by atoms with E-state index in [-0.39, 0.29) is 12.3 Å². The first-order valence-electron chi connectivity index (χ1n) is 5.83. The molecule has 2 aromatic carbocycles. The number of aryl methyl sites for hydroxylation is 1. The minimum Gasteiger partial charge on any atom is -0.457 e. The minimum absolute atomic E-state index is 0.0756. The fourth-order valence-electron chi connectivity index (χ4n) is 1.71. The Morgan fingerprint density at radius 2 is 2.05 bits per heavy atom. The molecule has 0 atom stereocenters. The van der Waals surface area contributed by atoms with Crippen molar-refractivity contribution >= 4 is 21.6 Å². The number of aliphatic hydroxyl groups is 1. The summed E-state index contributed by atoms with van der Waals surface area (Å²) in [5.74, 6) is 1.01. The number of nitro groups is 1. The van der Waals surface area contributed by atoms with E-state index < -0.39 is 4.92 Å². The number of nitro benzene ring substituents is 1. The normalized spacial score (nSPS) is 10.3. The topological polar surface area (TPSA) is 72.6 Å². The van der Waals surface area contributed by atoms with Crippen LogP contribution in [0.25, 0.3) is 0 Å². The summed E-state index contributed by atoms with van der Waals surface area (Å²) in [4.78, 5) is 10.2. The molecule has 0 saturated carbocycles. The molecule has 0 radical (unpaired) electrons. The van der Waals surface area contributed by atoms with Gasteiger partial charge in [-0.05, 0) is 36.8 Å². The Morgan fingerprint density at radius 1 is 1.30 bits per heavy atom. The van der Waals surface area contributed by atoms with Gasteiger partial charge in [-0.15, -0.1) is 0 Å². The summed E-state index contributed by atoms with van der Waals surface area (Å²) in [6.45, 7) is 1.60. The van der Waals surface area contributed by atoms with Gasteiger partial charge in [0.25, 0.3) is 5.69 Å². The zero-order valence-electron chi connectivity index (χ0n) is 10.7. The van der Waals surface area contributed by atoms with Crippen molar-refractivity contribution in [2.24, 2.45) is 0 Å². The molecule has 0 amide bonds. The predicted molar refractivity (Wildman–Crippen MR) is 78.0 cm³/mol. The molecule has 5 nitrogen and oxygen atoms in total. The van der Waals surface area contributed by atoms with Crippen LogP contribution in [0.2, 0.25) is 0 Å². The Hall–Kier alpha value is -1.92. The van der Waals surface area contributed by atoms with Crippen LogP contribution in [0, 0.1) is 17.0 Å². The Morgan fingerprint density at radius 3 is 2.65 bits per heavy atom. The molecule has 0 aliphatic rings. The number of aliphatic hydroxyl groups excluding tert-OH is 1. The van der Waals surface area contributed by atoms with Crippen molar-refractivity contribution < 1.29 is 14.8 Å². The average Bonchev–Trinajstić information content (AvgIpc) is 2.43. The van der Waals surface area contributed by atoms with Crippen molar-refractivity contribution in [3.05, 3.63) is 62.1 Å². The Kier molecular flexibility index (Phi) is 4.36. The second-order valence-electron chi connectivity index (χ2n) is 4.22. The largest absolute Gasteiger partial charge is 0.457 e. The molecule has 20 heavy (non-hydrogen) atoms. The van der Waals surface area contributed by atoms with Gasteiger partial charge < -0.3 is 9.84 Å². The van der Waals surface area contributed by atoms with E-state index in [4.69, 9.17) is 4.74 Å². The van der Waals surface area contributed by atoms with E-state index >= 15 is 0 Å². The fraction of sp³-hybridized carbons (Fsp3) is 0.143. The van der Waals surface area contributed by atoms with E-state index in [9.17, 15) is 15.2 Å². The van der Waals surface area contributed by atoms with Gasteiger partial charge in [-0.3, -0.25) is 10.1 Å². The van der Waals surface area contributed by atoms with Gasteiger partial charge in [-0.25, -0.2) is 0 Å². The molecule has 0 heterocycles. The smallest absolute Gasteiger partial charge is 0.270 e. The van der Waals surface area contributed by atoms with Crippen LogP contribution in [-0.2, 0) is 6.61 Å². The highest BCUT2D eigenvalue weighted by Crippen LogP contribution is 2.30. The highest BCUT2D eigenvalue weighted by molar-refractivity contribution is 9.10. The predicted octanol–water partition coefficient (Wildman–Crippen LogP) is 3.95. The maximum absolute atomic E-state index is 10.7. The van der Waals surface area contributed by atoms with Gasteiger partial charge in [-0.1, -0.05) is 15.9 Å². The molecule has 104 valence electrons. The van der Waals surface area contributed by atoms with Crippen molar-refractivity contribution in [1.29, 1.82) is 0 Å². The molecule has 1 N–H and O–H groups in total. The summed E-state index contributed by atoms with van der Waals surface area (Å²) < 4.78 is 6.64. The van der Waals surface area contributed by atoms with Crippen LogP contribution < -0.4 is 4.74 Å². The molecule has 0 aromatic heterocycles. The summed E-state index contributed by atoms with van der Waals surface area (Å²) in [6, 6.07) is 9.61. The molecular weight excluding hydrogens is 326 g/mol. The molecule has 2 rings (SSSR count). The summed E-state index contributed by atoms with van der Waals surface area (Å²) in [7, 11) is 0. The summed E-state index contributed by atoms with van der Waals surface area (Å²) in [6.07, 6.45) is 0. The molecule has 0 bridgehead atoms. The molecule has 0 unspecified atom stereocenters. The lowest BCUT2D eigenvalue weighted by Crippen LogP contribution is -1.95. The number of rotatable bonds is 4. The minimum atomic E-state index is -0.507. The highest BCUT2D eigenvalue weighted by Gasteiger charge is 2.12. The average molecular weight is 338 g/mol. The van der Waals surface area contributed by atoms with Crippen LogP contribution in [0.4, 0.5) is 5.69 Å². The third kappa shape index (κ3) is 3.15. The van der Waals surface area contributed by atoms with Crippen molar-refractivity contribution in [3.63, 3.8) is 0 Å². The van der Waals surface area contributed by atoms with E-state index in [1.807, 2.05) is 19.1 Å². The van der Waals surface area contributed by atoms with E-state index in [0.717, 1.165) is 10.0 Å². The van der Waals surface area contributed by atoms with Gasteiger partial charge in [0.15, 0.2) is 0 Å². The first-order valence-corrected chi connectivity index (χ1v) is 6.62. The van der Waals surface area contributed by atoms with Crippen LogP contribution in [0.15, 0.2) is 40.9 Å². The van der Waals surface area contributed by atoms with E-state index in [0.29, 0.717) is 17.1 Å². The third-order valence-corrected chi connectivity index (χ3v) is 3.67. The monoisotopic (exact) mass is 337 g/mol. The zero-order chi connectivity index (χ0) is 14.7. The number of nitrogens with zero attached hydrogens (tertiary/aromatic N) is 1. The van der Waals surface area contributed by atoms with Gasteiger partial charge in [0.05, 0.1) is 11.5 Å². The van der Waals surface area contributed by atoms with Crippen molar-refractivity contribution in [2.45, 2.75) is 13.5 Å². The first kappa shape index (κ1) is 14.5. The molecule has 2 aromatic rings. The summed E-state index contributed by atoms with van der Waals surface area (Å²) in [5.41, 5.74) is 1.31. The van der Waals surface area contributed by atoms with Crippen LogP contribution in [-0.4, -0.2) is 10.0 Å². The van der Waals surface area contributed by atoms with Crippen molar-refractivity contribution in [3.8, 4) is 11.5 Å². The summed E-state index contributed by atoms with van der Waals surface area (Å²) >= 11 is 3.40. The van der Waals surface area contributed by atoms with Crippen molar-refractivity contribution in [2.75, 3.05) is 0 Å². The lowest BCUT2D eigenvalue weighted by molar-refractivity contribution is -0.385. The summed E-state index contributed by atoms with van der Waals surface area (Å²) in [5, 5.41) is 20.0. The molecule has 6 heteroatoms. The molecular formula is C14H12BrNO4. The third-order valence-electron chi connectivity index (χ3n) is 2.78. The second-order valence-corrected chi connectivity index (χ2v) is 5.07. The van der Waals surface area contributed by atoms with E-state index in [1.54, 1.807) is 6.07 Å². The van der Waals surface area contributed by atoms with Crippen LogP contribution in [0.5, 0.6) is 11.5 Å². The molecule has 0 spiro atoms. The lowest BCUT2D eigenvalue weighted by atomic mass is 10.2. The van der Waals surface area contributed by atoms with E-state index in [1.165, 1.54) is 18.2 Å². The van der Waals surface area contributed by atoms with Crippen LogP contribution >= 0.6 is 15.9 Å². The van der Waals surface area contributed by atoms with Crippen molar-refractivity contribution in [1.82, 2.24) is 0 Å². The molecule has 0 aliphatic heterocycles. The maximum Gasteiger partial charge on any atom is 0.270 e. The maximum atomic E-state index is 10.7. The van der Waals surface area contributed by atoms with Gasteiger partial charge in [-0.2, -0.15) is 0 Å². The molecule has 0 saturated heterocycles. The number of halogens is 1. The van der Waals surface area contributed by atoms with Gasteiger partial charge >= 0.3 is 0 Å². The van der Waals surface area contributed by atoms with Gasteiger partial charge in [0, 0.05) is 22.2 Å². The number of ether oxygens (including phenoxy) is 1. The number of hydrogen-bond donors (Lipinski definition) is 1. The van der Waals surface area contributed by atoms with E-state index in [2.05, 4.69) is 15.9 Å². The Balaban J connectivity index is 2.32. The first-order chi connectivity index (χ1) is 9.51. The van der Waals surface area contributed by atoms with Gasteiger partial charge in [0.2, 0.25) is 0 Å². The lowest BCUT2D eigenvalue weighted by Gasteiger charge is -2.10. The number of non-ortho nitro benzene ring substituents is 1. The Labute approximate surface area is 124 Å². The van der Waals surface area contributed by atoms with Crippen LogP contribution in [0.3, 0.4) is 0 Å². The molecule has 0 aliphatic carbocycles. The number of hydrogen-bond acceptors (Lipinski definition) is 4. The van der Waals surface area contributed by atoms with Crippen LogP contribution in [0.1, 0.15) is 11.1 Å². The fourth-order valence-corrected chi connectivity index (χ4v) is 1.96. The standard InChI is InChI=1S/C14H12BrNO4/c1-9-6-12(3-4-13(9)15)20-14-5-2-11(16(18)19)7-10(14)8-17/h2-7,17H,8H2,1H3. The zero-order valence-corrected chi connectivity index (χ0v) is 12.3. The quantitative estimate of drug-likeness (QED) is 0.677. The van der Waals surface area contributed by atoms with Gasteiger partial charge in [0.1, 0.15) is 11.5 Å².